The zero-order chi connectivity index (χ0) is 13.0. The average molecular weight is 261 g/mol. The maximum Gasteiger partial charge on any atom is 0.229 e. The highest BCUT2D eigenvalue weighted by atomic mass is 35.5. The molecule has 1 heterocycles. The Hall–Kier alpha value is -1.87. The molecule has 0 aliphatic heterocycles. The number of nitrogens with one attached hydrogen (secondary N) is 1. The van der Waals surface area contributed by atoms with Gasteiger partial charge in [0.25, 0.3) is 0 Å². The van der Waals surface area contributed by atoms with Crippen molar-refractivity contribution in [3.05, 3.63) is 58.7 Å². The molecule has 0 unspecified atom stereocenters. The number of amides is 1. The molecule has 0 aliphatic rings. The number of benzene rings is 1. The van der Waals surface area contributed by atoms with Crippen LogP contribution >= 0.6 is 11.6 Å². The number of aromatic nitrogens is 1. The standard InChI is InChI=1S/C14H13ClN2O/c1-10-3-2-4-13(16-10)17-14(18)9-11-5-7-12(15)8-6-11/h2-8H,9H2,1H3,(H,16,17,18). The van der Waals surface area contributed by atoms with Crippen LogP contribution in [0, 0.1) is 6.92 Å². The average Bonchev–Trinajstić information content (AvgIpc) is 2.32. The van der Waals surface area contributed by atoms with E-state index >= 15 is 0 Å². The first kappa shape index (κ1) is 12.6. The molecule has 1 amide bonds. The summed E-state index contributed by atoms with van der Waals surface area (Å²) >= 11 is 5.78. The quantitative estimate of drug-likeness (QED) is 0.921. The maximum atomic E-state index is 11.8. The van der Waals surface area contributed by atoms with Crippen LogP contribution < -0.4 is 5.32 Å². The molecule has 3 nitrogen and oxygen atoms in total. The number of aryl methyl sites for hydroxylation is 1. The number of pyridine rings is 1. The molecule has 4 heteroatoms. The van der Waals surface area contributed by atoms with Crippen LogP contribution in [0.4, 0.5) is 5.82 Å². The summed E-state index contributed by atoms with van der Waals surface area (Å²) < 4.78 is 0. The largest absolute Gasteiger partial charge is 0.310 e. The zero-order valence-corrected chi connectivity index (χ0v) is 10.7. The molecule has 0 fully saturated rings. The highest BCUT2D eigenvalue weighted by Crippen LogP contribution is 2.11. The first-order chi connectivity index (χ1) is 8.63. The number of halogens is 1. The maximum absolute atomic E-state index is 11.8. The Morgan fingerprint density at radius 2 is 1.94 bits per heavy atom. The number of hydrogen-bond acceptors (Lipinski definition) is 2. The molecule has 0 aliphatic carbocycles. The molecular formula is C14H13ClN2O. The van der Waals surface area contributed by atoms with Crippen molar-refractivity contribution in [2.24, 2.45) is 0 Å². The predicted octanol–water partition coefficient (Wildman–Crippen LogP) is 3.22. The summed E-state index contributed by atoms with van der Waals surface area (Å²) in [5, 5.41) is 3.43. The fourth-order valence-corrected chi connectivity index (χ4v) is 1.71. The van der Waals surface area contributed by atoms with E-state index < -0.39 is 0 Å². The van der Waals surface area contributed by atoms with Gasteiger partial charge >= 0.3 is 0 Å². The second kappa shape index (κ2) is 5.65. The van der Waals surface area contributed by atoms with Crippen molar-refractivity contribution in [3.63, 3.8) is 0 Å². The molecular weight excluding hydrogens is 248 g/mol. The van der Waals surface area contributed by atoms with Crippen molar-refractivity contribution in [2.45, 2.75) is 13.3 Å². The van der Waals surface area contributed by atoms with Crippen LogP contribution in [0.3, 0.4) is 0 Å². The molecule has 0 bridgehead atoms. The number of hydrogen-bond donors (Lipinski definition) is 1. The van der Waals surface area contributed by atoms with E-state index in [2.05, 4.69) is 10.3 Å². The Kier molecular flexibility index (Phi) is 3.95. The molecule has 18 heavy (non-hydrogen) atoms. The SMILES string of the molecule is Cc1cccc(NC(=O)Cc2ccc(Cl)cc2)n1. The third-order valence-electron chi connectivity index (χ3n) is 2.43. The van der Waals surface area contributed by atoms with Crippen molar-refractivity contribution in [3.8, 4) is 0 Å². The summed E-state index contributed by atoms with van der Waals surface area (Å²) in [5.74, 6) is 0.490. The lowest BCUT2D eigenvalue weighted by molar-refractivity contribution is -0.115. The molecule has 1 N–H and O–H groups in total. The predicted molar refractivity (Wildman–Crippen MR) is 72.8 cm³/mol. The fourth-order valence-electron chi connectivity index (χ4n) is 1.59. The van der Waals surface area contributed by atoms with Gasteiger partial charge in [0.15, 0.2) is 0 Å². The van der Waals surface area contributed by atoms with Gasteiger partial charge in [-0.05, 0) is 36.8 Å². The first-order valence-electron chi connectivity index (χ1n) is 5.61. The van der Waals surface area contributed by atoms with Gasteiger partial charge in [0.2, 0.25) is 5.91 Å². The molecule has 0 saturated heterocycles. The molecule has 1 aromatic heterocycles. The molecule has 0 radical (unpaired) electrons. The van der Waals surface area contributed by atoms with Crippen LogP contribution in [0.5, 0.6) is 0 Å². The van der Waals surface area contributed by atoms with Gasteiger partial charge < -0.3 is 5.32 Å². The van der Waals surface area contributed by atoms with E-state index in [0.29, 0.717) is 17.3 Å². The molecule has 2 rings (SSSR count). The van der Waals surface area contributed by atoms with Crippen molar-refractivity contribution < 1.29 is 4.79 Å². The second-order valence-electron chi connectivity index (χ2n) is 4.02. The summed E-state index contributed by atoms with van der Waals surface area (Å²) in [4.78, 5) is 16.0. The van der Waals surface area contributed by atoms with Crippen molar-refractivity contribution in [2.75, 3.05) is 5.32 Å². The van der Waals surface area contributed by atoms with Crippen molar-refractivity contribution in [1.82, 2.24) is 4.98 Å². The third-order valence-corrected chi connectivity index (χ3v) is 2.69. The Balaban J connectivity index is 1.98. The van der Waals surface area contributed by atoms with Gasteiger partial charge in [-0.1, -0.05) is 29.8 Å². The Labute approximate surface area is 111 Å². The van der Waals surface area contributed by atoms with Gasteiger partial charge in [-0.15, -0.1) is 0 Å². The highest BCUT2D eigenvalue weighted by Gasteiger charge is 2.04. The van der Waals surface area contributed by atoms with E-state index in [1.54, 1.807) is 18.2 Å². The van der Waals surface area contributed by atoms with Crippen LogP contribution in [-0.2, 0) is 11.2 Å². The zero-order valence-electron chi connectivity index (χ0n) is 9.98. The summed E-state index contributed by atoms with van der Waals surface area (Å²) in [5.41, 5.74) is 1.80. The Morgan fingerprint density at radius 1 is 1.22 bits per heavy atom. The smallest absolute Gasteiger partial charge is 0.229 e. The van der Waals surface area contributed by atoms with Gasteiger partial charge in [-0.3, -0.25) is 4.79 Å². The van der Waals surface area contributed by atoms with E-state index in [1.807, 2.05) is 31.2 Å². The first-order valence-corrected chi connectivity index (χ1v) is 5.99. The van der Waals surface area contributed by atoms with E-state index in [9.17, 15) is 4.79 Å². The summed E-state index contributed by atoms with van der Waals surface area (Å²) in [6, 6.07) is 12.7. The minimum atomic E-state index is -0.0876. The Morgan fingerprint density at radius 3 is 2.61 bits per heavy atom. The van der Waals surface area contributed by atoms with Crippen molar-refractivity contribution >= 4 is 23.3 Å². The van der Waals surface area contributed by atoms with Gasteiger partial charge in [0.05, 0.1) is 6.42 Å². The summed E-state index contributed by atoms with van der Waals surface area (Å²) in [6.07, 6.45) is 0.312. The van der Waals surface area contributed by atoms with Gasteiger partial charge in [-0.2, -0.15) is 0 Å². The normalized spacial score (nSPS) is 10.1. The third kappa shape index (κ3) is 3.57. The van der Waals surface area contributed by atoms with E-state index in [1.165, 1.54) is 0 Å². The minimum Gasteiger partial charge on any atom is -0.310 e. The summed E-state index contributed by atoms with van der Waals surface area (Å²) in [6.45, 7) is 1.88. The van der Waals surface area contributed by atoms with Crippen LogP contribution in [0.15, 0.2) is 42.5 Å². The van der Waals surface area contributed by atoms with Gasteiger partial charge in [-0.25, -0.2) is 4.98 Å². The van der Waals surface area contributed by atoms with Crippen LogP contribution in [0.1, 0.15) is 11.3 Å². The molecule has 2 aromatic rings. The van der Waals surface area contributed by atoms with E-state index in [0.717, 1.165) is 11.3 Å². The lowest BCUT2D eigenvalue weighted by Gasteiger charge is -2.05. The fraction of sp³-hybridized carbons (Fsp3) is 0.143. The van der Waals surface area contributed by atoms with Crippen LogP contribution in [0.2, 0.25) is 5.02 Å². The van der Waals surface area contributed by atoms with E-state index in [4.69, 9.17) is 11.6 Å². The molecule has 0 atom stereocenters. The molecule has 92 valence electrons. The topological polar surface area (TPSA) is 42.0 Å². The minimum absolute atomic E-state index is 0.0876. The second-order valence-corrected chi connectivity index (χ2v) is 4.45. The number of nitrogens with zero attached hydrogens (tertiary/aromatic N) is 1. The number of rotatable bonds is 3. The lowest BCUT2D eigenvalue weighted by Crippen LogP contribution is -2.15. The van der Waals surface area contributed by atoms with Crippen LogP contribution in [-0.4, -0.2) is 10.9 Å². The highest BCUT2D eigenvalue weighted by molar-refractivity contribution is 6.30. The number of anilines is 1. The molecule has 0 saturated carbocycles. The molecule has 0 spiro atoms. The summed E-state index contributed by atoms with van der Waals surface area (Å²) in [7, 11) is 0. The number of carbonyl (C=O) groups is 1. The number of carbonyl (C=O) groups excluding carboxylic acids is 1. The van der Waals surface area contributed by atoms with Gasteiger partial charge in [0.1, 0.15) is 5.82 Å². The van der Waals surface area contributed by atoms with Gasteiger partial charge in [0, 0.05) is 10.7 Å². The Bertz CT molecular complexity index is 552. The van der Waals surface area contributed by atoms with E-state index in [-0.39, 0.29) is 5.91 Å². The van der Waals surface area contributed by atoms with Crippen LogP contribution in [0.25, 0.3) is 0 Å². The monoisotopic (exact) mass is 260 g/mol. The van der Waals surface area contributed by atoms with Crippen molar-refractivity contribution in [1.29, 1.82) is 0 Å². The molecule has 1 aromatic carbocycles. The lowest BCUT2D eigenvalue weighted by atomic mass is 10.1.